The van der Waals surface area contributed by atoms with E-state index in [2.05, 4.69) is 48.2 Å². The summed E-state index contributed by atoms with van der Waals surface area (Å²) in [5.41, 5.74) is 5.40. The van der Waals surface area contributed by atoms with Crippen LogP contribution in [0.25, 0.3) is 0 Å². The second-order valence-electron chi connectivity index (χ2n) is 7.11. The zero-order chi connectivity index (χ0) is 18.0. The second kappa shape index (κ2) is 7.52. The van der Waals surface area contributed by atoms with E-state index in [4.69, 9.17) is 4.74 Å². The van der Waals surface area contributed by atoms with E-state index >= 15 is 0 Å². The van der Waals surface area contributed by atoms with Crippen LogP contribution in [0.2, 0.25) is 0 Å². The van der Waals surface area contributed by atoms with Gasteiger partial charge in [-0.1, -0.05) is 6.92 Å². The first-order chi connectivity index (χ1) is 12.0. The average Bonchev–Trinajstić information content (AvgIpc) is 3.20. The van der Waals surface area contributed by atoms with Gasteiger partial charge in [-0.2, -0.15) is 4.57 Å². The molecule has 0 spiro atoms. The van der Waals surface area contributed by atoms with Gasteiger partial charge < -0.3 is 9.30 Å². The Bertz CT molecular complexity index is 770. The van der Waals surface area contributed by atoms with Crippen molar-refractivity contribution in [3.8, 4) is 0 Å². The number of ether oxygens (including phenoxy) is 1. The van der Waals surface area contributed by atoms with Gasteiger partial charge in [0.15, 0.2) is 11.9 Å². The fraction of sp³-hybridized carbons (Fsp3) is 0.524. The summed E-state index contributed by atoms with van der Waals surface area (Å²) in [4.78, 5) is 12.9. The van der Waals surface area contributed by atoms with E-state index in [-0.39, 0.29) is 11.9 Å². The SMILES string of the molecule is CCc1ccc(C)[n+](CC(=O)c2cc(C)n(C[C@@H]3CCCO3)c2C)c1. The number of aromatic nitrogens is 2. The molecule has 3 heterocycles. The van der Waals surface area contributed by atoms with Crippen molar-refractivity contribution in [2.75, 3.05) is 6.61 Å². The topological polar surface area (TPSA) is 35.1 Å². The van der Waals surface area contributed by atoms with Gasteiger partial charge >= 0.3 is 0 Å². The third kappa shape index (κ3) is 3.84. The first kappa shape index (κ1) is 17.9. The van der Waals surface area contributed by atoms with Gasteiger partial charge in [0.05, 0.1) is 6.10 Å². The summed E-state index contributed by atoms with van der Waals surface area (Å²) >= 11 is 0. The Labute approximate surface area is 150 Å². The van der Waals surface area contributed by atoms with Crippen LogP contribution in [-0.2, 0) is 24.2 Å². The molecule has 0 N–H and O–H groups in total. The summed E-state index contributed by atoms with van der Waals surface area (Å²) in [6.07, 6.45) is 5.60. The molecule has 25 heavy (non-hydrogen) atoms. The molecule has 1 fully saturated rings. The van der Waals surface area contributed by atoms with Crippen LogP contribution in [0.5, 0.6) is 0 Å². The molecule has 134 valence electrons. The van der Waals surface area contributed by atoms with E-state index in [1.54, 1.807) is 0 Å². The lowest BCUT2D eigenvalue weighted by atomic mass is 10.1. The Morgan fingerprint density at radius 2 is 2.12 bits per heavy atom. The third-order valence-corrected chi connectivity index (χ3v) is 5.32. The van der Waals surface area contributed by atoms with Crippen LogP contribution < -0.4 is 4.57 Å². The molecule has 0 unspecified atom stereocenters. The van der Waals surface area contributed by atoms with Crippen LogP contribution in [0.3, 0.4) is 0 Å². The van der Waals surface area contributed by atoms with Crippen molar-refractivity contribution in [2.24, 2.45) is 0 Å². The molecular formula is C21H29N2O2+. The number of carbonyl (C=O) groups is 1. The van der Waals surface area contributed by atoms with Crippen molar-refractivity contribution in [1.82, 2.24) is 4.57 Å². The van der Waals surface area contributed by atoms with E-state index in [0.717, 1.165) is 55.1 Å². The van der Waals surface area contributed by atoms with Crippen molar-refractivity contribution in [1.29, 1.82) is 0 Å². The van der Waals surface area contributed by atoms with Crippen LogP contribution in [-0.4, -0.2) is 23.1 Å². The molecule has 0 radical (unpaired) electrons. The van der Waals surface area contributed by atoms with E-state index in [9.17, 15) is 4.79 Å². The standard InChI is InChI=1S/C21H29N2O2/c1-5-18-9-8-15(2)22(12-18)14-21(24)20-11-16(3)23(17(20)4)13-19-7-6-10-25-19/h8-9,11-12,19H,5-7,10,13-14H2,1-4H3/q+1/t19-/m0/s1. The van der Waals surface area contributed by atoms with Gasteiger partial charge in [0.25, 0.3) is 0 Å². The Morgan fingerprint density at radius 3 is 2.80 bits per heavy atom. The predicted molar refractivity (Wildman–Crippen MR) is 98.0 cm³/mol. The first-order valence-electron chi connectivity index (χ1n) is 9.30. The number of ketones is 1. The molecule has 1 saturated heterocycles. The van der Waals surface area contributed by atoms with E-state index in [1.807, 2.05) is 13.0 Å². The minimum atomic E-state index is 0.174. The summed E-state index contributed by atoms with van der Waals surface area (Å²) in [6.45, 7) is 10.4. The zero-order valence-corrected chi connectivity index (χ0v) is 15.8. The number of hydrogen-bond acceptors (Lipinski definition) is 2. The molecule has 2 aromatic rings. The van der Waals surface area contributed by atoms with Crippen molar-refractivity contribution >= 4 is 5.78 Å². The summed E-state index contributed by atoms with van der Waals surface area (Å²) in [5, 5.41) is 0. The molecule has 0 saturated carbocycles. The molecule has 0 aromatic carbocycles. The summed E-state index contributed by atoms with van der Waals surface area (Å²) in [5.74, 6) is 0.174. The van der Waals surface area contributed by atoms with E-state index < -0.39 is 0 Å². The third-order valence-electron chi connectivity index (χ3n) is 5.32. The number of hydrogen-bond donors (Lipinski definition) is 0. The van der Waals surface area contributed by atoms with Crippen molar-refractivity contribution in [2.45, 2.75) is 66.2 Å². The number of Topliss-reactive ketones (excluding diaryl/α,β-unsaturated/α-hetero) is 1. The van der Waals surface area contributed by atoms with Crippen LogP contribution in [0, 0.1) is 20.8 Å². The van der Waals surface area contributed by atoms with Crippen molar-refractivity contribution < 1.29 is 14.1 Å². The van der Waals surface area contributed by atoms with Gasteiger partial charge in [0.2, 0.25) is 12.3 Å². The predicted octanol–water partition coefficient (Wildman–Crippen LogP) is 3.33. The number of pyridine rings is 1. The molecule has 0 bridgehead atoms. The number of carbonyl (C=O) groups excluding carboxylic acids is 1. The highest BCUT2D eigenvalue weighted by Gasteiger charge is 2.23. The molecule has 0 aliphatic carbocycles. The molecule has 1 aliphatic rings. The van der Waals surface area contributed by atoms with Gasteiger partial charge in [-0.25, -0.2) is 0 Å². The van der Waals surface area contributed by atoms with Gasteiger partial charge in [-0.15, -0.1) is 0 Å². The first-order valence-corrected chi connectivity index (χ1v) is 9.30. The highest BCUT2D eigenvalue weighted by Crippen LogP contribution is 2.20. The lowest BCUT2D eigenvalue weighted by Gasteiger charge is -2.14. The van der Waals surface area contributed by atoms with Crippen LogP contribution in [0.1, 0.15) is 52.8 Å². The largest absolute Gasteiger partial charge is 0.376 e. The van der Waals surface area contributed by atoms with Gasteiger partial charge in [0.1, 0.15) is 0 Å². The zero-order valence-electron chi connectivity index (χ0n) is 15.8. The van der Waals surface area contributed by atoms with Gasteiger partial charge in [-0.05, 0) is 45.2 Å². The smallest absolute Gasteiger partial charge is 0.229 e. The number of aryl methyl sites for hydroxylation is 3. The minimum absolute atomic E-state index is 0.174. The molecule has 3 rings (SSSR count). The second-order valence-corrected chi connectivity index (χ2v) is 7.11. The maximum Gasteiger partial charge on any atom is 0.229 e. The van der Waals surface area contributed by atoms with Gasteiger partial charge in [0, 0.05) is 48.7 Å². The Kier molecular flexibility index (Phi) is 5.38. The molecule has 1 aliphatic heterocycles. The lowest BCUT2D eigenvalue weighted by molar-refractivity contribution is -0.689. The summed E-state index contributed by atoms with van der Waals surface area (Å²) in [7, 11) is 0. The summed E-state index contributed by atoms with van der Waals surface area (Å²) < 4.78 is 10.1. The molecule has 0 amide bonds. The molecule has 1 atom stereocenters. The van der Waals surface area contributed by atoms with Crippen molar-refractivity contribution in [3.63, 3.8) is 0 Å². The molecule has 4 heteroatoms. The van der Waals surface area contributed by atoms with E-state index in [0.29, 0.717) is 6.54 Å². The maximum absolute atomic E-state index is 12.9. The molecule has 2 aromatic heterocycles. The highest BCUT2D eigenvalue weighted by molar-refractivity contribution is 5.96. The highest BCUT2D eigenvalue weighted by atomic mass is 16.5. The minimum Gasteiger partial charge on any atom is -0.376 e. The average molecular weight is 341 g/mol. The molecule has 4 nitrogen and oxygen atoms in total. The van der Waals surface area contributed by atoms with Gasteiger partial charge in [-0.3, -0.25) is 4.79 Å². The lowest BCUT2D eigenvalue weighted by Crippen LogP contribution is -2.41. The van der Waals surface area contributed by atoms with Crippen LogP contribution in [0.4, 0.5) is 0 Å². The molecular weight excluding hydrogens is 312 g/mol. The Hall–Kier alpha value is -1.94. The van der Waals surface area contributed by atoms with Crippen molar-refractivity contribution in [3.05, 3.63) is 52.6 Å². The van der Waals surface area contributed by atoms with Crippen LogP contribution >= 0.6 is 0 Å². The number of rotatable bonds is 6. The van der Waals surface area contributed by atoms with E-state index in [1.165, 1.54) is 5.56 Å². The quantitative estimate of drug-likeness (QED) is 0.597. The normalized spacial score (nSPS) is 17.2. The Balaban J connectivity index is 1.80. The monoisotopic (exact) mass is 341 g/mol. The van der Waals surface area contributed by atoms with Crippen LogP contribution in [0.15, 0.2) is 24.4 Å². The maximum atomic E-state index is 12.9. The summed E-state index contributed by atoms with van der Waals surface area (Å²) in [6, 6.07) is 6.25. The number of nitrogens with zero attached hydrogens (tertiary/aromatic N) is 2. The fourth-order valence-electron chi connectivity index (χ4n) is 3.64. The Morgan fingerprint density at radius 1 is 1.32 bits per heavy atom. The fourth-order valence-corrected chi connectivity index (χ4v) is 3.64.